The molecule has 46 heavy (non-hydrogen) atoms. The molecule has 1 aromatic heterocycles. The van der Waals surface area contributed by atoms with Gasteiger partial charge in [0.25, 0.3) is 0 Å². The molecule has 246 valence electrons. The summed E-state index contributed by atoms with van der Waals surface area (Å²) in [6.45, 7) is 9.04. The molecule has 0 aliphatic carbocycles. The van der Waals surface area contributed by atoms with Crippen molar-refractivity contribution in [1.29, 1.82) is 0 Å². The molecule has 0 fully saturated rings. The molecule has 6 atom stereocenters. The zero-order valence-electron chi connectivity index (χ0n) is 27.1. The van der Waals surface area contributed by atoms with E-state index in [0.717, 1.165) is 16.5 Å². The van der Waals surface area contributed by atoms with E-state index in [9.17, 15) is 24.3 Å². The van der Waals surface area contributed by atoms with Gasteiger partial charge in [0, 0.05) is 36.2 Å². The number of para-hydroxylation sites is 1. The Morgan fingerprint density at radius 3 is 2.30 bits per heavy atom. The van der Waals surface area contributed by atoms with E-state index >= 15 is 0 Å². The van der Waals surface area contributed by atoms with Gasteiger partial charge in [-0.25, -0.2) is 0 Å². The van der Waals surface area contributed by atoms with Gasteiger partial charge < -0.3 is 30.4 Å². The third kappa shape index (κ3) is 8.28. The first-order chi connectivity index (χ1) is 21.7. The van der Waals surface area contributed by atoms with Crippen LogP contribution in [0.1, 0.15) is 64.6 Å². The van der Waals surface area contributed by atoms with Crippen molar-refractivity contribution >= 4 is 46.2 Å². The SMILES string of the molecule is C/C1=C\[C@@H](C)[C@H](C)OC(=O)C[C@H](c2ccc(O)cc2)NC(=O)[C@@H](Cc2c(Cl)[nH]c3ccccc23)N(C)C(=O)[C@H](C)NC(=O)[C@H](C)C1. The number of carbonyl (C=O) groups is 4. The van der Waals surface area contributed by atoms with Gasteiger partial charge in [-0.15, -0.1) is 0 Å². The number of aromatic amines is 1. The highest BCUT2D eigenvalue weighted by molar-refractivity contribution is 6.31. The van der Waals surface area contributed by atoms with Gasteiger partial charge in [0.05, 0.1) is 12.5 Å². The van der Waals surface area contributed by atoms with Gasteiger partial charge in [-0.3, -0.25) is 19.2 Å². The normalized spacial score (nSPS) is 27.2. The summed E-state index contributed by atoms with van der Waals surface area (Å²) >= 11 is 6.62. The molecule has 1 aliphatic heterocycles. The summed E-state index contributed by atoms with van der Waals surface area (Å²) in [6, 6.07) is 10.8. The number of aromatic nitrogens is 1. The number of nitrogens with zero attached hydrogens (tertiary/aromatic N) is 1. The van der Waals surface area contributed by atoms with Gasteiger partial charge in [0.1, 0.15) is 29.1 Å². The molecule has 2 heterocycles. The molecule has 0 saturated heterocycles. The van der Waals surface area contributed by atoms with Crippen molar-refractivity contribution in [2.45, 2.75) is 78.1 Å². The highest BCUT2D eigenvalue weighted by Crippen LogP contribution is 2.29. The van der Waals surface area contributed by atoms with Gasteiger partial charge >= 0.3 is 5.97 Å². The van der Waals surface area contributed by atoms with Crippen LogP contribution in [0.3, 0.4) is 0 Å². The molecule has 11 heteroatoms. The number of rotatable bonds is 3. The van der Waals surface area contributed by atoms with Gasteiger partial charge in [0.15, 0.2) is 0 Å². The number of benzene rings is 2. The van der Waals surface area contributed by atoms with Crippen LogP contribution in [-0.4, -0.2) is 63.9 Å². The number of allylic oxidation sites excluding steroid dienone is 1. The number of H-pyrrole nitrogens is 1. The predicted octanol–water partition coefficient (Wildman–Crippen LogP) is 5.20. The Bertz CT molecular complexity index is 1620. The molecule has 10 nitrogen and oxygen atoms in total. The number of halogens is 1. The maximum absolute atomic E-state index is 14.2. The summed E-state index contributed by atoms with van der Waals surface area (Å²) in [5, 5.41) is 16.8. The number of cyclic esters (lactones) is 1. The smallest absolute Gasteiger partial charge is 0.308 e. The van der Waals surface area contributed by atoms with Gasteiger partial charge in [0.2, 0.25) is 17.7 Å². The number of ether oxygens (including phenoxy) is 1. The van der Waals surface area contributed by atoms with E-state index in [-0.39, 0.29) is 30.4 Å². The number of fused-ring (bicyclic) bond motifs is 1. The highest BCUT2D eigenvalue weighted by atomic mass is 35.5. The molecule has 0 spiro atoms. The van der Waals surface area contributed by atoms with Crippen LogP contribution >= 0.6 is 11.6 Å². The van der Waals surface area contributed by atoms with Crippen LogP contribution in [0.4, 0.5) is 0 Å². The third-order valence-electron chi connectivity index (χ3n) is 8.67. The topological polar surface area (TPSA) is 141 Å². The lowest BCUT2D eigenvalue weighted by molar-refractivity contribution is -0.150. The standard InChI is InChI=1S/C35H43ClN4O6/c1-19-15-20(2)23(5)46-31(42)18-29(24-11-13-25(41)14-12-24)39-34(44)30(17-27-26-9-7-8-10-28(26)38-32(27)36)40(6)35(45)22(4)37-33(43)21(3)16-19/h7-15,20-23,29-30,38,41H,16-18H2,1-6H3,(H,37,43)(H,39,44)/b19-15+/t20-,21-,22+,23+,29-,30-/m1/s1. The minimum absolute atomic E-state index is 0.0324. The van der Waals surface area contributed by atoms with Crippen LogP contribution in [0.15, 0.2) is 60.2 Å². The van der Waals surface area contributed by atoms with Crippen molar-refractivity contribution in [2.75, 3.05) is 7.05 Å². The minimum atomic E-state index is -1.07. The van der Waals surface area contributed by atoms with E-state index < -0.39 is 47.9 Å². The lowest BCUT2D eigenvalue weighted by atomic mass is 9.96. The van der Waals surface area contributed by atoms with E-state index in [1.54, 1.807) is 32.9 Å². The molecule has 0 saturated carbocycles. The third-order valence-corrected chi connectivity index (χ3v) is 8.99. The number of nitrogens with one attached hydrogen (secondary N) is 3. The number of likely N-dealkylation sites (N-methyl/N-ethyl adjacent to an activating group) is 1. The van der Waals surface area contributed by atoms with Crippen molar-refractivity contribution in [2.24, 2.45) is 11.8 Å². The van der Waals surface area contributed by atoms with Gasteiger partial charge in [-0.05, 0) is 56.5 Å². The van der Waals surface area contributed by atoms with Crippen molar-refractivity contribution in [3.8, 4) is 5.75 Å². The average molecular weight is 651 g/mol. The van der Waals surface area contributed by atoms with Crippen molar-refractivity contribution in [1.82, 2.24) is 20.5 Å². The fraction of sp³-hybridized carbons (Fsp3) is 0.429. The zero-order valence-corrected chi connectivity index (χ0v) is 27.9. The van der Waals surface area contributed by atoms with E-state index in [0.29, 0.717) is 22.7 Å². The molecular weight excluding hydrogens is 608 g/mol. The first-order valence-corrected chi connectivity index (χ1v) is 15.9. The highest BCUT2D eigenvalue weighted by Gasteiger charge is 2.34. The first-order valence-electron chi connectivity index (χ1n) is 15.5. The largest absolute Gasteiger partial charge is 0.508 e. The Morgan fingerprint density at radius 2 is 1.61 bits per heavy atom. The lowest BCUT2D eigenvalue weighted by Gasteiger charge is -2.32. The Morgan fingerprint density at radius 1 is 0.935 bits per heavy atom. The van der Waals surface area contributed by atoms with Crippen LogP contribution in [0.2, 0.25) is 5.15 Å². The molecule has 1 aliphatic rings. The number of esters is 1. The molecule has 2 aromatic carbocycles. The second-order valence-corrected chi connectivity index (χ2v) is 12.8. The van der Waals surface area contributed by atoms with E-state index in [1.165, 1.54) is 24.1 Å². The summed E-state index contributed by atoms with van der Waals surface area (Å²) in [6.07, 6.45) is 1.84. The molecule has 3 amide bonds. The van der Waals surface area contributed by atoms with Crippen LogP contribution in [0.5, 0.6) is 5.75 Å². The number of phenols is 1. The Kier molecular flexibility index (Phi) is 11.2. The number of hydrogen-bond donors (Lipinski definition) is 4. The Balaban J connectivity index is 1.76. The van der Waals surface area contributed by atoms with Crippen LogP contribution < -0.4 is 10.6 Å². The monoisotopic (exact) mass is 650 g/mol. The minimum Gasteiger partial charge on any atom is -0.508 e. The van der Waals surface area contributed by atoms with Crippen LogP contribution in [0, 0.1) is 11.8 Å². The maximum atomic E-state index is 14.2. The second kappa shape index (κ2) is 14.9. The first kappa shape index (κ1) is 34.6. The average Bonchev–Trinajstić information content (AvgIpc) is 3.32. The summed E-state index contributed by atoms with van der Waals surface area (Å²) in [4.78, 5) is 58.8. The van der Waals surface area contributed by atoms with Gasteiger partial charge in [-0.2, -0.15) is 0 Å². The van der Waals surface area contributed by atoms with Gasteiger partial charge in [-0.1, -0.05) is 67.4 Å². The fourth-order valence-electron chi connectivity index (χ4n) is 5.83. The summed E-state index contributed by atoms with van der Waals surface area (Å²) in [7, 11) is 1.51. The maximum Gasteiger partial charge on any atom is 0.308 e. The van der Waals surface area contributed by atoms with Crippen molar-refractivity contribution < 1.29 is 29.0 Å². The number of aromatic hydroxyl groups is 1. The fourth-order valence-corrected chi connectivity index (χ4v) is 6.11. The van der Waals surface area contributed by atoms with Crippen molar-refractivity contribution in [3.63, 3.8) is 0 Å². The molecule has 4 rings (SSSR count). The second-order valence-electron chi connectivity index (χ2n) is 12.4. The molecule has 4 N–H and O–H groups in total. The number of phenolic OH excluding ortho intramolecular Hbond substituents is 1. The predicted molar refractivity (Wildman–Crippen MR) is 177 cm³/mol. The molecule has 3 aromatic rings. The Hall–Kier alpha value is -4.31. The molecule has 0 bridgehead atoms. The van der Waals surface area contributed by atoms with Crippen molar-refractivity contribution in [3.05, 3.63) is 76.5 Å². The van der Waals surface area contributed by atoms with Crippen LogP contribution in [0.25, 0.3) is 10.9 Å². The summed E-state index contributed by atoms with van der Waals surface area (Å²) < 4.78 is 5.79. The zero-order chi connectivity index (χ0) is 33.7. The van der Waals surface area contributed by atoms with E-state index in [1.807, 2.05) is 44.2 Å². The quantitative estimate of drug-likeness (QED) is 0.227. The van der Waals surface area contributed by atoms with E-state index in [4.69, 9.17) is 16.3 Å². The number of hydrogen-bond acceptors (Lipinski definition) is 6. The number of carbonyl (C=O) groups excluding carboxylic acids is 4. The molecular formula is C35H43ClN4O6. The Labute approximate surface area is 274 Å². The number of amides is 3. The summed E-state index contributed by atoms with van der Waals surface area (Å²) in [5.41, 5.74) is 2.96. The lowest BCUT2D eigenvalue weighted by Crippen LogP contribution is -2.55. The molecule has 0 unspecified atom stereocenters. The molecule has 0 radical (unpaired) electrons. The van der Waals surface area contributed by atoms with E-state index in [2.05, 4.69) is 15.6 Å². The summed E-state index contributed by atoms with van der Waals surface area (Å²) in [5.74, 6) is -2.33. The van der Waals surface area contributed by atoms with Crippen LogP contribution in [-0.2, 0) is 30.3 Å².